The molecular formula is C24H20FN. The number of hydrogen-bond donors (Lipinski definition) is 0. The highest BCUT2D eigenvalue weighted by Gasteiger charge is 2.31. The lowest BCUT2D eigenvalue weighted by molar-refractivity contribution is 0.576. The van der Waals surface area contributed by atoms with Crippen molar-refractivity contribution < 1.29 is 4.39 Å². The van der Waals surface area contributed by atoms with Gasteiger partial charge < -0.3 is 0 Å². The monoisotopic (exact) mass is 341 g/mol. The lowest BCUT2D eigenvalue weighted by Crippen LogP contribution is -2.15. The number of nitrogens with zero attached hydrogens (tertiary/aromatic N) is 1. The van der Waals surface area contributed by atoms with Crippen molar-refractivity contribution in [2.45, 2.75) is 32.1 Å². The average molecular weight is 341 g/mol. The van der Waals surface area contributed by atoms with Crippen molar-refractivity contribution in [2.75, 3.05) is 0 Å². The quantitative estimate of drug-likeness (QED) is 0.551. The average Bonchev–Trinajstić information content (AvgIpc) is 3.15. The topological polar surface area (TPSA) is 12.4 Å². The molecule has 2 aliphatic rings. The molecule has 0 aliphatic heterocycles. The molecule has 1 nitrogen and oxygen atoms in total. The van der Waals surface area contributed by atoms with E-state index in [9.17, 15) is 4.39 Å². The molecule has 0 heterocycles. The van der Waals surface area contributed by atoms with Gasteiger partial charge in [-0.3, -0.25) is 0 Å². The first-order valence-corrected chi connectivity index (χ1v) is 9.37. The Bertz CT molecular complexity index is 962. The molecule has 3 aromatic carbocycles. The lowest BCUT2D eigenvalue weighted by atomic mass is 9.82. The molecule has 3 aromatic rings. The molecule has 0 atom stereocenters. The maximum atomic E-state index is 14.7. The fourth-order valence-corrected chi connectivity index (χ4v) is 4.22. The summed E-state index contributed by atoms with van der Waals surface area (Å²) in [6, 6.07) is 20.6. The molecular weight excluding hydrogens is 321 g/mol. The Kier molecular flexibility index (Phi) is 3.70. The maximum Gasteiger partial charge on any atom is 0.130 e. The molecule has 0 bridgehead atoms. The van der Waals surface area contributed by atoms with E-state index in [2.05, 4.69) is 24.3 Å². The SMILES string of the molecule is Fc1c2c(c(N=C(c3ccccc3)c3ccccc3)c3c1CC3)CCC2. The van der Waals surface area contributed by atoms with Crippen LogP contribution in [0.2, 0.25) is 0 Å². The van der Waals surface area contributed by atoms with Crippen molar-refractivity contribution in [3.05, 3.63) is 99.9 Å². The van der Waals surface area contributed by atoms with Gasteiger partial charge in [0.25, 0.3) is 0 Å². The van der Waals surface area contributed by atoms with Crippen molar-refractivity contribution in [3.8, 4) is 0 Å². The summed E-state index contributed by atoms with van der Waals surface area (Å²) in [6.45, 7) is 0. The van der Waals surface area contributed by atoms with Crippen LogP contribution in [0.5, 0.6) is 0 Å². The molecule has 2 aliphatic carbocycles. The predicted molar refractivity (Wildman–Crippen MR) is 104 cm³/mol. The van der Waals surface area contributed by atoms with Gasteiger partial charge in [-0.1, -0.05) is 60.7 Å². The van der Waals surface area contributed by atoms with E-state index in [1.54, 1.807) is 0 Å². The van der Waals surface area contributed by atoms with Gasteiger partial charge in [0.1, 0.15) is 5.82 Å². The molecule has 0 spiro atoms. The van der Waals surface area contributed by atoms with Crippen LogP contribution in [0.3, 0.4) is 0 Å². The molecule has 26 heavy (non-hydrogen) atoms. The first-order chi connectivity index (χ1) is 12.8. The summed E-state index contributed by atoms with van der Waals surface area (Å²) in [5.74, 6) is 0.0543. The summed E-state index contributed by atoms with van der Waals surface area (Å²) < 4.78 is 14.7. The molecule has 0 saturated carbocycles. The van der Waals surface area contributed by atoms with Gasteiger partial charge in [-0.25, -0.2) is 9.38 Å². The maximum absolute atomic E-state index is 14.7. The van der Waals surface area contributed by atoms with E-state index in [1.165, 1.54) is 0 Å². The Hall–Kier alpha value is -2.74. The minimum absolute atomic E-state index is 0.0543. The summed E-state index contributed by atoms with van der Waals surface area (Å²) in [6.07, 6.45) is 4.61. The van der Waals surface area contributed by atoms with E-state index in [1.807, 2.05) is 36.4 Å². The third-order valence-electron chi connectivity index (χ3n) is 5.63. The van der Waals surface area contributed by atoms with E-state index < -0.39 is 0 Å². The van der Waals surface area contributed by atoms with Crippen LogP contribution in [0, 0.1) is 5.82 Å². The molecule has 2 heteroatoms. The van der Waals surface area contributed by atoms with E-state index in [4.69, 9.17) is 4.99 Å². The van der Waals surface area contributed by atoms with Gasteiger partial charge in [-0.2, -0.15) is 0 Å². The first kappa shape index (κ1) is 15.5. The van der Waals surface area contributed by atoms with Crippen LogP contribution in [0.4, 0.5) is 10.1 Å². The normalized spacial score (nSPS) is 14.3. The number of halogens is 1. The first-order valence-electron chi connectivity index (χ1n) is 9.37. The summed E-state index contributed by atoms with van der Waals surface area (Å²) >= 11 is 0. The van der Waals surface area contributed by atoms with Crippen molar-refractivity contribution >= 4 is 11.4 Å². The van der Waals surface area contributed by atoms with Gasteiger partial charge in [-0.05, 0) is 54.4 Å². The summed E-state index contributed by atoms with van der Waals surface area (Å²) in [7, 11) is 0. The molecule has 0 unspecified atom stereocenters. The number of benzene rings is 3. The molecule has 0 N–H and O–H groups in total. The van der Waals surface area contributed by atoms with Gasteiger partial charge in [0.05, 0.1) is 11.4 Å². The molecule has 0 amide bonds. The molecule has 0 fully saturated rings. The predicted octanol–water partition coefficient (Wildman–Crippen LogP) is 5.58. The Morgan fingerprint density at radius 1 is 0.654 bits per heavy atom. The highest BCUT2D eigenvalue weighted by molar-refractivity contribution is 6.14. The summed E-state index contributed by atoms with van der Waals surface area (Å²) in [4.78, 5) is 5.17. The van der Waals surface area contributed by atoms with Crippen LogP contribution >= 0.6 is 0 Å². The van der Waals surface area contributed by atoms with Crippen LogP contribution in [-0.4, -0.2) is 5.71 Å². The summed E-state index contributed by atoms with van der Waals surface area (Å²) in [5.41, 5.74) is 8.32. The number of hydrogen-bond acceptors (Lipinski definition) is 1. The summed E-state index contributed by atoms with van der Waals surface area (Å²) in [5, 5.41) is 0. The van der Waals surface area contributed by atoms with Gasteiger partial charge in [0, 0.05) is 11.1 Å². The van der Waals surface area contributed by atoms with Crippen molar-refractivity contribution in [1.29, 1.82) is 0 Å². The minimum Gasteiger partial charge on any atom is -0.247 e. The standard InChI is InChI=1S/C24H20FN/c25-22-18-12-7-13-20(18)24(21-15-14-19(21)22)26-23(16-8-3-1-4-9-16)17-10-5-2-6-11-17/h1-6,8-11H,7,12-15H2. The number of aliphatic imine (C=N–C) groups is 1. The largest absolute Gasteiger partial charge is 0.247 e. The Labute approximate surface area is 153 Å². The lowest BCUT2D eigenvalue weighted by Gasteiger charge is -2.25. The van der Waals surface area contributed by atoms with Crippen LogP contribution < -0.4 is 0 Å². The second-order valence-corrected chi connectivity index (χ2v) is 7.12. The van der Waals surface area contributed by atoms with Crippen molar-refractivity contribution in [2.24, 2.45) is 4.99 Å². The van der Waals surface area contributed by atoms with Crippen LogP contribution in [-0.2, 0) is 25.7 Å². The third-order valence-corrected chi connectivity index (χ3v) is 5.63. The molecule has 5 rings (SSSR count). The zero-order valence-corrected chi connectivity index (χ0v) is 14.6. The van der Waals surface area contributed by atoms with Gasteiger partial charge >= 0.3 is 0 Å². The van der Waals surface area contributed by atoms with Crippen LogP contribution in [0.25, 0.3) is 0 Å². The fourth-order valence-electron chi connectivity index (χ4n) is 4.22. The van der Waals surface area contributed by atoms with Gasteiger partial charge in [0.2, 0.25) is 0 Å². The second-order valence-electron chi connectivity index (χ2n) is 7.12. The highest BCUT2D eigenvalue weighted by Crippen LogP contribution is 2.44. The third kappa shape index (κ3) is 2.40. The second kappa shape index (κ2) is 6.21. The Morgan fingerprint density at radius 2 is 1.15 bits per heavy atom. The van der Waals surface area contributed by atoms with Gasteiger partial charge in [0.15, 0.2) is 0 Å². The molecule has 0 aromatic heterocycles. The van der Waals surface area contributed by atoms with Crippen LogP contribution in [0.1, 0.15) is 39.8 Å². The fraction of sp³-hybridized carbons (Fsp3) is 0.208. The number of fused-ring (bicyclic) bond motifs is 2. The van der Waals surface area contributed by atoms with Gasteiger partial charge in [-0.15, -0.1) is 0 Å². The molecule has 0 radical (unpaired) electrons. The van der Waals surface area contributed by atoms with E-state index >= 15 is 0 Å². The Morgan fingerprint density at radius 3 is 1.73 bits per heavy atom. The van der Waals surface area contributed by atoms with Crippen molar-refractivity contribution in [3.63, 3.8) is 0 Å². The van der Waals surface area contributed by atoms with Crippen LogP contribution in [0.15, 0.2) is 65.7 Å². The molecule has 128 valence electrons. The Balaban J connectivity index is 1.76. The van der Waals surface area contributed by atoms with E-state index in [-0.39, 0.29) is 5.82 Å². The zero-order chi connectivity index (χ0) is 17.5. The number of rotatable bonds is 3. The zero-order valence-electron chi connectivity index (χ0n) is 14.6. The highest BCUT2D eigenvalue weighted by atomic mass is 19.1. The smallest absolute Gasteiger partial charge is 0.130 e. The molecule has 0 saturated heterocycles. The van der Waals surface area contributed by atoms with E-state index in [0.29, 0.717) is 0 Å². The van der Waals surface area contributed by atoms with E-state index in [0.717, 1.165) is 76.9 Å². The minimum atomic E-state index is 0.0543. The van der Waals surface area contributed by atoms with Crippen molar-refractivity contribution in [1.82, 2.24) is 0 Å².